The molecule has 0 saturated carbocycles. The van der Waals surface area contributed by atoms with Crippen LogP contribution >= 0.6 is 0 Å². The van der Waals surface area contributed by atoms with Crippen molar-refractivity contribution in [1.82, 2.24) is 9.80 Å². The summed E-state index contributed by atoms with van der Waals surface area (Å²) in [5.74, 6) is 0. The van der Waals surface area contributed by atoms with Crippen molar-refractivity contribution in [3.05, 3.63) is 12.2 Å². The van der Waals surface area contributed by atoms with Crippen molar-refractivity contribution in [2.45, 2.75) is 12.5 Å². The van der Waals surface area contributed by atoms with Crippen LogP contribution in [0.3, 0.4) is 0 Å². The summed E-state index contributed by atoms with van der Waals surface area (Å²) in [5.41, 5.74) is 6.72. The summed E-state index contributed by atoms with van der Waals surface area (Å²) < 4.78 is 5.38. The summed E-state index contributed by atoms with van der Waals surface area (Å²) in [6.45, 7) is 11.9. The minimum absolute atomic E-state index is 0.610. The summed E-state index contributed by atoms with van der Waals surface area (Å²) in [7, 11) is 0. The van der Waals surface area contributed by atoms with Crippen LogP contribution in [-0.2, 0) is 4.74 Å². The van der Waals surface area contributed by atoms with E-state index < -0.39 is 0 Å². The van der Waals surface area contributed by atoms with E-state index in [1.807, 2.05) is 0 Å². The zero-order valence-electron chi connectivity index (χ0n) is 10.0. The van der Waals surface area contributed by atoms with Gasteiger partial charge in [0.15, 0.2) is 0 Å². The Morgan fingerprint density at radius 3 is 2.75 bits per heavy atom. The second-order valence-electron chi connectivity index (χ2n) is 4.78. The first kappa shape index (κ1) is 12.0. The maximum Gasteiger partial charge on any atom is 0.0594 e. The second kappa shape index (κ2) is 5.77. The van der Waals surface area contributed by atoms with Gasteiger partial charge in [-0.15, -0.1) is 0 Å². The molecule has 0 amide bonds. The molecule has 2 fully saturated rings. The Balaban J connectivity index is 1.76. The van der Waals surface area contributed by atoms with Gasteiger partial charge in [0, 0.05) is 45.3 Å². The van der Waals surface area contributed by atoms with Crippen molar-refractivity contribution in [2.24, 2.45) is 5.73 Å². The molecule has 0 spiro atoms. The van der Waals surface area contributed by atoms with E-state index >= 15 is 0 Å². The zero-order valence-corrected chi connectivity index (χ0v) is 10.0. The Labute approximate surface area is 98.0 Å². The van der Waals surface area contributed by atoms with Crippen LogP contribution in [0.1, 0.15) is 6.42 Å². The van der Waals surface area contributed by atoms with Gasteiger partial charge < -0.3 is 10.5 Å². The number of likely N-dealkylation sites (tertiary alicyclic amines) is 1. The Morgan fingerprint density at radius 1 is 1.31 bits per heavy atom. The van der Waals surface area contributed by atoms with E-state index in [4.69, 9.17) is 10.5 Å². The van der Waals surface area contributed by atoms with E-state index in [2.05, 4.69) is 16.4 Å². The lowest BCUT2D eigenvalue weighted by Crippen LogP contribution is -2.44. The molecule has 1 unspecified atom stereocenters. The first-order valence-electron chi connectivity index (χ1n) is 6.20. The smallest absolute Gasteiger partial charge is 0.0594 e. The summed E-state index contributed by atoms with van der Waals surface area (Å²) >= 11 is 0. The molecule has 0 aliphatic carbocycles. The molecule has 0 bridgehead atoms. The van der Waals surface area contributed by atoms with Crippen LogP contribution in [0.25, 0.3) is 0 Å². The Bertz CT molecular complexity index is 238. The largest absolute Gasteiger partial charge is 0.379 e. The quantitative estimate of drug-likeness (QED) is 0.679. The zero-order chi connectivity index (χ0) is 11.4. The highest BCUT2D eigenvalue weighted by Crippen LogP contribution is 2.17. The van der Waals surface area contributed by atoms with Crippen molar-refractivity contribution in [3.63, 3.8) is 0 Å². The van der Waals surface area contributed by atoms with Crippen molar-refractivity contribution in [1.29, 1.82) is 0 Å². The van der Waals surface area contributed by atoms with Crippen LogP contribution < -0.4 is 5.73 Å². The molecule has 0 aromatic heterocycles. The number of nitrogens with two attached hydrogens (primary N) is 1. The molecule has 0 radical (unpaired) electrons. The molecular weight excluding hydrogens is 202 g/mol. The average molecular weight is 225 g/mol. The standard InChI is InChI=1S/C12H23N3O/c1-11(8-13)9-14-3-2-12(10-14)15-4-6-16-7-5-15/h12H,1-10,13H2. The molecule has 2 N–H and O–H groups in total. The highest BCUT2D eigenvalue weighted by Gasteiger charge is 2.28. The lowest BCUT2D eigenvalue weighted by Gasteiger charge is -2.32. The predicted molar refractivity (Wildman–Crippen MR) is 65.4 cm³/mol. The summed E-state index contributed by atoms with van der Waals surface area (Å²) in [4.78, 5) is 5.03. The highest BCUT2D eigenvalue weighted by atomic mass is 16.5. The van der Waals surface area contributed by atoms with Crippen LogP contribution in [0.2, 0.25) is 0 Å². The van der Waals surface area contributed by atoms with Crippen LogP contribution in [0.4, 0.5) is 0 Å². The number of hydrogen-bond donors (Lipinski definition) is 1. The Hall–Kier alpha value is -0.420. The van der Waals surface area contributed by atoms with Crippen molar-refractivity contribution < 1.29 is 4.74 Å². The number of morpholine rings is 1. The van der Waals surface area contributed by atoms with E-state index in [-0.39, 0.29) is 0 Å². The van der Waals surface area contributed by atoms with E-state index in [0.717, 1.165) is 44.5 Å². The fraction of sp³-hybridized carbons (Fsp3) is 0.833. The predicted octanol–water partition coefficient (Wildman–Crippen LogP) is -0.0922. The molecule has 2 rings (SSSR count). The number of hydrogen-bond acceptors (Lipinski definition) is 4. The van der Waals surface area contributed by atoms with Gasteiger partial charge in [0.25, 0.3) is 0 Å². The van der Waals surface area contributed by atoms with Crippen LogP contribution in [-0.4, -0.2) is 68.3 Å². The van der Waals surface area contributed by atoms with Gasteiger partial charge in [-0.05, 0) is 12.0 Å². The maximum absolute atomic E-state index is 5.57. The van der Waals surface area contributed by atoms with Gasteiger partial charge in [0.1, 0.15) is 0 Å². The summed E-state index contributed by atoms with van der Waals surface area (Å²) in [5, 5.41) is 0. The van der Waals surface area contributed by atoms with Gasteiger partial charge in [0.05, 0.1) is 13.2 Å². The molecule has 1 atom stereocenters. The third-order valence-corrected chi connectivity index (χ3v) is 3.55. The third kappa shape index (κ3) is 3.04. The Kier molecular flexibility index (Phi) is 4.35. The molecule has 2 saturated heterocycles. The summed E-state index contributed by atoms with van der Waals surface area (Å²) in [6, 6.07) is 0.717. The van der Waals surface area contributed by atoms with E-state index in [1.165, 1.54) is 19.5 Å². The molecule has 92 valence electrons. The first-order chi connectivity index (χ1) is 7.79. The summed E-state index contributed by atoms with van der Waals surface area (Å²) in [6.07, 6.45) is 1.28. The number of ether oxygens (including phenoxy) is 1. The Morgan fingerprint density at radius 2 is 2.06 bits per heavy atom. The molecular formula is C12H23N3O. The second-order valence-corrected chi connectivity index (χ2v) is 4.78. The molecule has 16 heavy (non-hydrogen) atoms. The van der Waals surface area contributed by atoms with Crippen molar-refractivity contribution >= 4 is 0 Å². The fourth-order valence-corrected chi connectivity index (χ4v) is 2.58. The molecule has 4 heteroatoms. The normalized spacial score (nSPS) is 28.4. The topological polar surface area (TPSA) is 41.7 Å². The molecule has 0 aromatic carbocycles. The van der Waals surface area contributed by atoms with E-state index in [0.29, 0.717) is 6.54 Å². The molecule has 2 aliphatic heterocycles. The number of nitrogens with zero attached hydrogens (tertiary/aromatic N) is 2. The number of rotatable bonds is 4. The van der Waals surface area contributed by atoms with Gasteiger partial charge >= 0.3 is 0 Å². The van der Waals surface area contributed by atoms with Gasteiger partial charge in [-0.3, -0.25) is 9.80 Å². The van der Waals surface area contributed by atoms with Crippen LogP contribution in [0.15, 0.2) is 12.2 Å². The van der Waals surface area contributed by atoms with Crippen molar-refractivity contribution in [3.8, 4) is 0 Å². The minimum atomic E-state index is 0.610. The van der Waals surface area contributed by atoms with Crippen LogP contribution in [0, 0.1) is 0 Å². The SMILES string of the molecule is C=C(CN)CN1CCC(N2CCOCC2)C1. The van der Waals surface area contributed by atoms with Gasteiger partial charge in [-0.25, -0.2) is 0 Å². The van der Waals surface area contributed by atoms with Crippen molar-refractivity contribution in [2.75, 3.05) is 52.5 Å². The maximum atomic E-state index is 5.57. The van der Waals surface area contributed by atoms with E-state index in [9.17, 15) is 0 Å². The average Bonchev–Trinajstić information content (AvgIpc) is 2.78. The molecule has 2 aliphatic rings. The minimum Gasteiger partial charge on any atom is -0.379 e. The molecule has 4 nitrogen and oxygen atoms in total. The van der Waals surface area contributed by atoms with Gasteiger partial charge in [0.2, 0.25) is 0 Å². The molecule has 2 heterocycles. The third-order valence-electron chi connectivity index (χ3n) is 3.55. The van der Waals surface area contributed by atoms with Gasteiger partial charge in [-0.2, -0.15) is 0 Å². The van der Waals surface area contributed by atoms with Gasteiger partial charge in [-0.1, -0.05) is 6.58 Å². The lowest BCUT2D eigenvalue weighted by atomic mass is 10.2. The monoisotopic (exact) mass is 225 g/mol. The highest BCUT2D eigenvalue weighted by molar-refractivity contribution is 5.00. The van der Waals surface area contributed by atoms with Crippen LogP contribution in [0.5, 0.6) is 0 Å². The molecule has 0 aromatic rings. The van der Waals surface area contributed by atoms with E-state index in [1.54, 1.807) is 0 Å². The first-order valence-corrected chi connectivity index (χ1v) is 6.20. The lowest BCUT2D eigenvalue weighted by molar-refractivity contribution is 0.0187. The fourth-order valence-electron chi connectivity index (χ4n) is 2.58.